The van der Waals surface area contributed by atoms with Gasteiger partial charge in [0.15, 0.2) is 11.5 Å². The first-order chi connectivity index (χ1) is 14.5. The number of benzene rings is 3. The van der Waals surface area contributed by atoms with Gasteiger partial charge in [0, 0.05) is 15.6 Å². The van der Waals surface area contributed by atoms with Crippen molar-refractivity contribution < 1.29 is 9.47 Å². The summed E-state index contributed by atoms with van der Waals surface area (Å²) in [4.78, 5) is 0. The van der Waals surface area contributed by atoms with Crippen LogP contribution in [0, 0.1) is 11.3 Å². The summed E-state index contributed by atoms with van der Waals surface area (Å²) in [5.41, 5.74) is 2.74. The Balaban J connectivity index is 1.93. The summed E-state index contributed by atoms with van der Waals surface area (Å²) in [7, 11) is 0. The van der Waals surface area contributed by atoms with Gasteiger partial charge in [0.05, 0.1) is 23.3 Å². The second-order valence-corrected chi connectivity index (χ2v) is 7.58. The summed E-state index contributed by atoms with van der Waals surface area (Å²) in [6.07, 6.45) is 1.72. The topological polar surface area (TPSA) is 42.2 Å². The van der Waals surface area contributed by atoms with Crippen molar-refractivity contribution in [3.8, 4) is 17.6 Å². The smallest absolute Gasteiger partial charge is 0.180 e. The van der Waals surface area contributed by atoms with Crippen molar-refractivity contribution in [2.75, 3.05) is 6.61 Å². The minimum absolute atomic E-state index is 0.315. The molecule has 30 heavy (non-hydrogen) atoms. The van der Waals surface area contributed by atoms with Crippen molar-refractivity contribution in [2.45, 2.75) is 13.5 Å². The second kappa shape index (κ2) is 10.4. The molecule has 3 aromatic rings. The Hall–Kier alpha value is -2.64. The van der Waals surface area contributed by atoms with Gasteiger partial charge in [0.25, 0.3) is 0 Å². The Morgan fingerprint density at radius 3 is 2.37 bits per heavy atom. The first-order valence-corrected chi connectivity index (χ1v) is 10.4. The zero-order chi connectivity index (χ0) is 21.5. The van der Waals surface area contributed by atoms with Crippen LogP contribution >= 0.6 is 34.8 Å². The lowest BCUT2D eigenvalue weighted by molar-refractivity contribution is 0.269. The zero-order valence-corrected chi connectivity index (χ0v) is 18.4. The molecule has 0 atom stereocenters. The third-order valence-electron chi connectivity index (χ3n) is 4.22. The fourth-order valence-electron chi connectivity index (χ4n) is 2.83. The van der Waals surface area contributed by atoms with Crippen LogP contribution in [0.2, 0.25) is 15.1 Å². The zero-order valence-electron chi connectivity index (χ0n) is 16.2. The SMILES string of the molecule is CCOc1cc(C=C(C#N)c2ccccc2Cl)cc(Cl)c1OCc1ccc(Cl)cc1. The summed E-state index contributed by atoms with van der Waals surface area (Å²) in [5, 5.41) is 11.2. The molecule has 0 saturated heterocycles. The number of halogens is 3. The summed E-state index contributed by atoms with van der Waals surface area (Å²) < 4.78 is 11.7. The maximum absolute atomic E-state index is 9.62. The van der Waals surface area contributed by atoms with E-state index in [-0.39, 0.29) is 0 Å². The van der Waals surface area contributed by atoms with Crippen molar-refractivity contribution in [3.63, 3.8) is 0 Å². The first-order valence-electron chi connectivity index (χ1n) is 9.22. The molecule has 0 aliphatic rings. The lowest BCUT2D eigenvalue weighted by Crippen LogP contribution is -2.01. The van der Waals surface area contributed by atoms with E-state index in [4.69, 9.17) is 44.3 Å². The molecule has 0 unspecified atom stereocenters. The highest BCUT2D eigenvalue weighted by atomic mass is 35.5. The van der Waals surface area contributed by atoms with Crippen LogP contribution in [0.3, 0.4) is 0 Å². The lowest BCUT2D eigenvalue weighted by atomic mass is 10.0. The van der Waals surface area contributed by atoms with Gasteiger partial charge >= 0.3 is 0 Å². The fraction of sp³-hybridized carbons (Fsp3) is 0.125. The monoisotopic (exact) mass is 457 g/mol. The predicted octanol–water partition coefficient (Wildman–Crippen LogP) is 7.69. The summed E-state index contributed by atoms with van der Waals surface area (Å²) in [5.74, 6) is 0.948. The highest BCUT2D eigenvalue weighted by Gasteiger charge is 2.14. The van der Waals surface area contributed by atoms with Crippen LogP contribution in [0.15, 0.2) is 60.7 Å². The molecule has 0 N–H and O–H groups in total. The fourth-order valence-corrected chi connectivity index (χ4v) is 3.46. The molecule has 0 aliphatic carbocycles. The molecule has 152 valence electrons. The van der Waals surface area contributed by atoms with E-state index < -0.39 is 0 Å². The van der Waals surface area contributed by atoms with Crippen LogP contribution in [0.25, 0.3) is 11.6 Å². The Morgan fingerprint density at radius 1 is 0.967 bits per heavy atom. The highest BCUT2D eigenvalue weighted by Crippen LogP contribution is 2.38. The average Bonchev–Trinajstić information content (AvgIpc) is 2.73. The largest absolute Gasteiger partial charge is 0.490 e. The number of rotatable bonds is 7. The molecule has 0 heterocycles. The molecule has 0 aromatic heterocycles. The molecule has 0 radical (unpaired) electrons. The van der Waals surface area contributed by atoms with Gasteiger partial charge < -0.3 is 9.47 Å². The van der Waals surface area contributed by atoms with Gasteiger partial charge in [-0.05, 0) is 54.5 Å². The molecular formula is C24H18Cl3NO2. The number of nitrogens with zero attached hydrogens (tertiary/aromatic N) is 1. The molecule has 0 spiro atoms. The van der Waals surface area contributed by atoms with E-state index in [1.54, 1.807) is 42.5 Å². The van der Waals surface area contributed by atoms with Crippen molar-refractivity contribution in [3.05, 3.63) is 92.4 Å². The normalized spacial score (nSPS) is 11.1. The molecule has 0 saturated carbocycles. The molecule has 0 aliphatic heterocycles. The van der Waals surface area contributed by atoms with Crippen LogP contribution in [0.4, 0.5) is 0 Å². The van der Waals surface area contributed by atoms with Crippen molar-refractivity contribution in [1.82, 2.24) is 0 Å². The van der Waals surface area contributed by atoms with E-state index in [9.17, 15) is 5.26 Å². The molecule has 0 fully saturated rings. The minimum Gasteiger partial charge on any atom is -0.490 e. The van der Waals surface area contributed by atoms with Gasteiger partial charge in [0.1, 0.15) is 6.61 Å². The van der Waals surface area contributed by atoms with Gasteiger partial charge in [-0.2, -0.15) is 5.26 Å². The lowest BCUT2D eigenvalue weighted by Gasteiger charge is -2.15. The second-order valence-electron chi connectivity index (χ2n) is 6.33. The van der Waals surface area contributed by atoms with Crippen molar-refractivity contribution >= 4 is 46.5 Å². The number of hydrogen-bond acceptors (Lipinski definition) is 3. The minimum atomic E-state index is 0.315. The van der Waals surface area contributed by atoms with E-state index in [0.29, 0.717) is 56.5 Å². The van der Waals surface area contributed by atoms with Gasteiger partial charge in [0.2, 0.25) is 0 Å². The Morgan fingerprint density at radius 2 is 1.70 bits per heavy atom. The molecule has 3 aromatic carbocycles. The van der Waals surface area contributed by atoms with Gasteiger partial charge in [-0.15, -0.1) is 0 Å². The van der Waals surface area contributed by atoms with Crippen LogP contribution in [-0.4, -0.2) is 6.61 Å². The van der Waals surface area contributed by atoms with E-state index in [0.717, 1.165) is 5.56 Å². The van der Waals surface area contributed by atoms with E-state index in [1.165, 1.54) is 0 Å². The van der Waals surface area contributed by atoms with E-state index in [2.05, 4.69) is 6.07 Å². The van der Waals surface area contributed by atoms with Crippen LogP contribution in [0.5, 0.6) is 11.5 Å². The van der Waals surface area contributed by atoms with Crippen molar-refractivity contribution in [2.24, 2.45) is 0 Å². The number of allylic oxidation sites excluding steroid dienone is 1. The van der Waals surface area contributed by atoms with Gasteiger partial charge in [-0.3, -0.25) is 0 Å². The Bertz CT molecular complexity index is 1100. The molecule has 0 amide bonds. The van der Waals surface area contributed by atoms with E-state index in [1.807, 2.05) is 31.2 Å². The maximum Gasteiger partial charge on any atom is 0.180 e. The summed E-state index contributed by atoms with van der Waals surface area (Å²) in [6, 6.07) is 20.3. The third kappa shape index (κ3) is 5.49. The van der Waals surface area contributed by atoms with Gasteiger partial charge in [-0.1, -0.05) is 65.1 Å². The van der Waals surface area contributed by atoms with Crippen LogP contribution in [0.1, 0.15) is 23.6 Å². The molecule has 0 bridgehead atoms. The molecule has 3 nitrogen and oxygen atoms in total. The quantitative estimate of drug-likeness (QED) is 0.269. The molecular weight excluding hydrogens is 441 g/mol. The average molecular weight is 459 g/mol. The Kier molecular flexibility index (Phi) is 7.65. The summed E-state index contributed by atoms with van der Waals surface area (Å²) in [6.45, 7) is 2.63. The van der Waals surface area contributed by atoms with Crippen LogP contribution < -0.4 is 9.47 Å². The van der Waals surface area contributed by atoms with Crippen LogP contribution in [-0.2, 0) is 6.61 Å². The molecule has 6 heteroatoms. The third-order valence-corrected chi connectivity index (χ3v) is 5.09. The number of nitriles is 1. The van der Waals surface area contributed by atoms with Gasteiger partial charge in [-0.25, -0.2) is 0 Å². The summed E-state index contributed by atoms with van der Waals surface area (Å²) >= 11 is 18.7. The highest BCUT2D eigenvalue weighted by molar-refractivity contribution is 6.33. The maximum atomic E-state index is 9.62. The standard InChI is InChI=1S/C24H18Cl3NO2/c1-2-29-23-13-17(11-18(14-28)20-5-3-4-6-21(20)26)12-22(27)24(23)30-15-16-7-9-19(25)10-8-16/h3-13H,2,15H2,1H3. The Labute approximate surface area is 191 Å². The number of hydrogen-bond donors (Lipinski definition) is 0. The number of ether oxygens (including phenoxy) is 2. The van der Waals surface area contributed by atoms with E-state index >= 15 is 0 Å². The first kappa shape index (κ1) is 22.1. The molecule has 3 rings (SSSR count). The predicted molar refractivity (Wildman–Crippen MR) is 123 cm³/mol. The van der Waals surface area contributed by atoms with Crippen molar-refractivity contribution in [1.29, 1.82) is 5.26 Å².